The van der Waals surface area contributed by atoms with Crippen molar-refractivity contribution in [3.8, 4) is 0 Å². The molecule has 9 nitrogen and oxygen atoms in total. The molecule has 152 valence electrons. The Hall–Kier alpha value is -1.30. The fraction of sp³-hybridized carbons (Fsp3) is 0.400. The Bertz CT molecular complexity index is 638. The first-order chi connectivity index (χ1) is 12.3. The minimum absolute atomic E-state index is 0.0287. The minimum Gasteiger partial charge on any atom is -0.394 e. The summed E-state index contributed by atoms with van der Waals surface area (Å²) in [4.78, 5) is 33.3. The Morgan fingerprint density at radius 2 is 1.41 bits per heavy atom. The van der Waals surface area contributed by atoms with E-state index < -0.39 is 52.3 Å². The monoisotopic (exact) mass is 445 g/mol. The molecule has 0 aliphatic heterocycles. The molecule has 27 heavy (non-hydrogen) atoms. The molecule has 12 heteroatoms. The molecule has 0 fully saturated rings. The van der Waals surface area contributed by atoms with Gasteiger partial charge in [-0.1, -0.05) is 65.1 Å². The number of alkyl halides is 3. The lowest BCUT2D eigenvalue weighted by atomic mass is 9.96. The molecule has 0 aliphatic rings. The Balaban J connectivity index is 0.000000821. The number of nitrogens with two attached hydrogens (primary N) is 1. The zero-order chi connectivity index (χ0) is 21.4. The molecule has 0 saturated carbocycles. The summed E-state index contributed by atoms with van der Waals surface area (Å²) in [5.41, 5.74) is 4.56. The van der Waals surface area contributed by atoms with Crippen LogP contribution in [0.15, 0.2) is 30.3 Å². The van der Waals surface area contributed by atoms with Crippen LogP contribution in [0.1, 0.15) is 10.4 Å². The standard InChI is InChI=1S/C13H16O7.C2H2Cl3NO/c14-6-8(15)10(17)12(19)13(20)11(18)9(16)7-4-2-1-3-5-7;3-2(4,5)1(6)7/h1-5,8,10,12-15,17,19-20H,6H2;(H2,6,7). The van der Waals surface area contributed by atoms with Crippen molar-refractivity contribution in [2.45, 2.75) is 28.2 Å². The number of Topliss-reactive ketones (excluding diaryl/α,β-unsaturated/α-hetero) is 2. The fourth-order valence-electron chi connectivity index (χ4n) is 1.54. The van der Waals surface area contributed by atoms with Crippen molar-refractivity contribution in [3.05, 3.63) is 35.9 Å². The van der Waals surface area contributed by atoms with Gasteiger partial charge in [0.1, 0.15) is 24.4 Å². The number of aliphatic hydroxyl groups excluding tert-OH is 5. The average Bonchev–Trinajstić information content (AvgIpc) is 2.64. The molecule has 0 spiro atoms. The second-order valence-electron chi connectivity index (χ2n) is 5.10. The first-order valence-corrected chi connectivity index (χ1v) is 8.31. The number of benzene rings is 1. The molecule has 0 heterocycles. The second kappa shape index (κ2) is 11.5. The number of hydrogen-bond donors (Lipinski definition) is 6. The molecule has 1 aromatic carbocycles. The van der Waals surface area contributed by atoms with Crippen LogP contribution in [0.5, 0.6) is 0 Å². The summed E-state index contributed by atoms with van der Waals surface area (Å²) in [7, 11) is 0. The Morgan fingerprint density at radius 3 is 1.78 bits per heavy atom. The molecule has 1 amide bonds. The van der Waals surface area contributed by atoms with Gasteiger partial charge in [-0.3, -0.25) is 14.4 Å². The number of rotatable bonds is 7. The van der Waals surface area contributed by atoms with Gasteiger partial charge >= 0.3 is 0 Å². The first-order valence-electron chi connectivity index (χ1n) is 7.17. The van der Waals surface area contributed by atoms with Gasteiger partial charge in [0.15, 0.2) is 0 Å². The molecular weight excluding hydrogens is 429 g/mol. The SMILES string of the molecule is NC(=O)C(Cl)(Cl)Cl.O=C(C(=O)C(O)C(O)C(O)C(O)CO)c1ccccc1. The van der Waals surface area contributed by atoms with Crippen molar-refractivity contribution in [1.29, 1.82) is 0 Å². The number of carbonyl (C=O) groups excluding carboxylic acids is 3. The van der Waals surface area contributed by atoms with E-state index in [1.807, 2.05) is 0 Å². The maximum absolute atomic E-state index is 11.7. The summed E-state index contributed by atoms with van der Waals surface area (Å²) < 4.78 is -1.94. The van der Waals surface area contributed by atoms with Crippen molar-refractivity contribution in [3.63, 3.8) is 0 Å². The summed E-state index contributed by atoms with van der Waals surface area (Å²) >= 11 is 14.8. The summed E-state index contributed by atoms with van der Waals surface area (Å²) in [5.74, 6) is -3.30. The fourth-order valence-corrected chi connectivity index (χ4v) is 1.54. The number of carbonyl (C=O) groups is 3. The summed E-state index contributed by atoms with van der Waals surface area (Å²) in [6.45, 7) is -0.869. The van der Waals surface area contributed by atoms with E-state index >= 15 is 0 Å². The van der Waals surface area contributed by atoms with E-state index in [4.69, 9.17) is 45.0 Å². The van der Waals surface area contributed by atoms with Gasteiger partial charge in [-0.25, -0.2) is 0 Å². The van der Waals surface area contributed by atoms with Crippen LogP contribution in [0.3, 0.4) is 0 Å². The van der Waals surface area contributed by atoms with E-state index in [1.54, 1.807) is 6.07 Å². The van der Waals surface area contributed by atoms with Gasteiger partial charge in [-0.2, -0.15) is 0 Å². The lowest BCUT2D eigenvalue weighted by molar-refractivity contribution is -0.143. The average molecular weight is 447 g/mol. The van der Waals surface area contributed by atoms with Crippen molar-refractivity contribution in [2.24, 2.45) is 5.73 Å². The first kappa shape index (κ1) is 25.7. The Labute approximate surface area is 168 Å². The number of ketones is 2. The molecule has 1 aromatic rings. The molecule has 0 radical (unpaired) electrons. The molecule has 0 saturated heterocycles. The second-order valence-corrected chi connectivity index (χ2v) is 7.38. The quantitative estimate of drug-likeness (QED) is 0.170. The predicted molar refractivity (Wildman–Crippen MR) is 96.4 cm³/mol. The molecule has 0 aromatic heterocycles. The number of halogens is 3. The summed E-state index contributed by atoms with van der Waals surface area (Å²) in [6, 6.07) is 7.39. The van der Waals surface area contributed by atoms with Gasteiger partial charge in [0.25, 0.3) is 9.70 Å². The third-order valence-corrected chi connectivity index (χ3v) is 3.62. The third-order valence-electron chi connectivity index (χ3n) is 3.06. The predicted octanol–water partition coefficient (Wildman–Crippen LogP) is -1.28. The van der Waals surface area contributed by atoms with Crippen LogP contribution in [0.2, 0.25) is 0 Å². The molecule has 4 atom stereocenters. The maximum atomic E-state index is 11.7. The van der Waals surface area contributed by atoms with E-state index in [9.17, 15) is 29.7 Å². The van der Waals surface area contributed by atoms with Crippen molar-refractivity contribution >= 4 is 52.3 Å². The zero-order valence-electron chi connectivity index (χ0n) is 13.6. The molecule has 7 N–H and O–H groups in total. The highest BCUT2D eigenvalue weighted by Crippen LogP contribution is 2.24. The Morgan fingerprint density at radius 1 is 0.963 bits per heavy atom. The largest absolute Gasteiger partial charge is 0.394 e. The van der Waals surface area contributed by atoms with Gasteiger partial charge in [0.05, 0.1) is 6.61 Å². The van der Waals surface area contributed by atoms with E-state index in [1.165, 1.54) is 24.3 Å². The lowest BCUT2D eigenvalue weighted by Crippen LogP contribution is -2.50. The van der Waals surface area contributed by atoms with E-state index in [2.05, 4.69) is 5.73 Å². The van der Waals surface area contributed by atoms with E-state index in [0.29, 0.717) is 0 Å². The molecule has 1 rings (SSSR count). The zero-order valence-corrected chi connectivity index (χ0v) is 15.8. The maximum Gasteiger partial charge on any atom is 0.269 e. The summed E-state index contributed by atoms with van der Waals surface area (Å²) in [6.07, 6.45) is -7.97. The van der Waals surface area contributed by atoms with Crippen molar-refractivity contribution in [2.75, 3.05) is 6.61 Å². The van der Waals surface area contributed by atoms with Gasteiger partial charge in [0.2, 0.25) is 11.6 Å². The van der Waals surface area contributed by atoms with Crippen LogP contribution in [0.25, 0.3) is 0 Å². The highest BCUT2D eigenvalue weighted by atomic mass is 35.6. The Kier molecular flexibility index (Phi) is 11.0. The molecule has 0 aliphatic carbocycles. The number of hydrogen-bond acceptors (Lipinski definition) is 8. The highest BCUT2D eigenvalue weighted by molar-refractivity contribution is 6.76. The topological polar surface area (TPSA) is 178 Å². The minimum atomic E-state index is -2.20. The molecule has 4 unspecified atom stereocenters. The third kappa shape index (κ3) is 8.50. The lowest BCUT2D eigenvalue weighted by Gasteiger charge is -2.24. The molecular formula is C15H18Cl3NO8. The van der Waals surface area contributed by atoms with Gasteiger partial charge < -0.3 is 31.3 Å². The number of aliphatic hydroxyl groups is 5. The van der Waals surface area contributed by atoms with Crippen LogP contribution in [0, 0.1) is 0 Å². The van der Waals surface area contributed by atoms with Crippen LogP contribution in [-0.4, -0.2) is 77.8 Å². The van der Waals surface area contributed by atoms with Crippen LogP contribution in [-0.2, 0) is 9.59 Å². The summed E-state index contributed by atoms with van der Waals surface area (Å²) in [5, 5.41) is 46.2. The normalized spacial score (nSPS) is 15.6. The van der Waals surface area contributed by atoms with Gasteiger partial charge in [0, 0.05) is 5.56 Å². The number of primary amides is 1. The van der Waals surface area contributed by atoms with Crippen LogP contribution in [0.4, 0.5) is 0 Å². The van der Waals surface area contributed by atoms with E-state index in [-0.39, 0.29) is 5.56 Å². The van der Waals surface area contributed by atoms with Gasteiger partial charge in [-0.05, 0) is 0 Å². The van der Waals surface area contributed by atoms with Crippen LogP contribution < -0.4 is 5.73 Å². The van der Waals surface area contributed by atoms with E-state index in [0.717, 1.165) is 0 Å². The van der Waals surface area contributed by atoms with Crippen molar-refractivity contribution in [1.82, 2.24) is 0 Å². The van der Waals surface area contributed by atoms with Crippen LogP contribution >= 0.6 is 34.8 Å². The van der Waals surface area contributed by atoms with Gasteiger partial charge in [-0.15, -0.1) is 0 Å². The highest BCUT2D eigenvalue weighted by Gasteiger charge is 2.37. The van der Waals surface area contributed by atoms with Crippen molar-refractivity contribution < 1.29 is 39.9 Å². The number of amides is 1. The molecule has 0 bridgehead atoms. The smallest absolute Gasteiger partial charge is 0.269 e.